The van der Waals surface area contributed by atoms with Crippen molar-refractivity contribution in [3.05, 3.63) is 83.1 Å². The highest BCUT2D eigenvalue weighted by Gasteiger charge is 2.46. The second-order valence-corrected chi connectivity index (χ2v) is 27.5. The Bertz CT molecular complexity index is 3310. The number of carbonyl (C=O) groups is 5. The molecule has 5 aromatic rings. The Hall–Kier alpha value is -7.43. The van der Waals surface area contributed by atoms with Crippen LogP contribution in [0.1, 0.15) is 151 Å². The van der Waals surface area contributed by atoms with Gasteiger partial charge in [0.15, 0.2) is 15.7 Å². The zero-order chi connectivity index (χ0) is 59.5. The maximum Gasteiger partial charge on any atom is 0.410 e. The molecule has 5 amide bonds. The Morgan fingerprint density at radius 3 is 2.25 bits per heavy atom. The number of hydrogen-bond donors (Lipinski definition) is 5. The molecule has 2 aromatic carbocycles. The van der Waals surface area contributed by atoms with Crippen molar-refractivity contribution in [3.63, 3.8) is 0 Å². The van der Waals surface area contributed by atoms with E-state index >= 15 is 4.79 Å². The number of likely N-dealkylation sites (tertiary alicyclic amines) is 1. The highest BCUT2D eigenvalue weighted by Crippen LogP contribution is 2.39. The van der Waals surface area contributed by atoms with Crippen molar-refractivity contribution in [1.29, 1.82) is 0 Å². The van der Waals surface area contributed by atoms with Gasteiger partial charge < -0.3 is 40.5 Å². The second-order valence-electron chi connectivity index (χ2n) is 24.8. The van der Waals surface area contributed by atoms with Crippen LogP contribution >= 0.6 is 0 Å². The van der Waals surface area contributed by atoms with Gasteiger partial charge in [0.05, 0.1) is 28.5 Å². The highest BCUT2D eigenvalue weighted by atomic mass is 32.2. The van der Waals surface area contributed by atoms with Gasteiger partial charge in [-0.2, -0.15) is 5.10 Å². The maximum atomic E-state index is 15.2. The summed E-state index contributed by atoms with van der Waals surface area (Å²) in [5, 5.41) is 20.4. The van der Waals surface area contributed by atoms with E-state index in [9.17, 15) is 27.6 Å². The lowest BCUT2D eigenvalue weighted by molar-refractivity contribution is -0.143. The van der Waals surface area contributed by atoms with Gasteiger partial charge in [-0.15, -0.1) is 0 Å². The fraction of sp³-hybridized carbons (Fsp3) is 0.567. The Balaban J connectivity index is 0.863. The Kier molecular flexibility index (Phi) is 18.0. The van der Waals surface area contributed by atoms with Gasteiger partial charge in [0.25, 0.3) is 5.91 Å². The van der Waals surface area contributed by atoms with Crippen molar-refractivity contribution in [2.24, 2.45) is 11.8 Å². The minimum absolute atomic E-state index is 0.0153. The number of hydrogen-bond acceptors (Lipinski definition) is 16. The molecule has 3 fully saturated rings. The molecule has 4 aliphatic rings. The third-order valence-electron chi connectivity index (χ3n) is 16.8. The average Bonchev–Trinajstić information content (AvgIpc) is 3.53. The summed E-state index contributed by atoms with van der Waals surface area (Å²) in [5.74, 6) is -0.226. The number of likely N-dealkylation sites (N-methyl/N-ethyl adjacent to an activating group) is 1. The van der Waals surface area contributed by atoms with E-state index in [1.807, 2.05) is 36.9 Å². The number of fused-ring (bicyclic) bond motifs is 2. The van der Waals surface area contributed by atoms with Crippen LogP contribution in [0, 0.1) is 25.7 Å². The number of anilines is 3. The fourth-order valence-corrected chi connectivity index (χ4v) is 12.8. The van der Waals surface area contributed by atoms with Crippen LogP contribution in [0.25, 0.3) is 10.9 Å². The molecule has 22 nitrogen and oxygen atoms in total. The number of aromatic nitrogens is 6. The van der Waals surface area contributed by atoms with Gasteiger partial charge >= 0.3 is 6.09 Å². The molecule has 5 N–H and O–H groups in total. The summed E-state index contributed by atoms with van der Waals surface area (Å²) in [6.45, 7) is 17.1. The minimum Gasteiger partial charge on any atom is -0.492 e. The molecule has 9 rings (SSSR count). The number of ether oxygens (including phenoxy) is 2. The van der Waals surface area contributed by atoms with Crippen molar-refractivity contribution in [2.75, 3.05) is 43.5 Å². The number of nitrogens with zero attached hydrogens (tertiary/aromatic N) is 8. The van der Waals surface area contributed by atoms with Gasteiger partial charge in [0, 0.05) is 67.8 Å². The molecular weight excluding hydrogens is 1080 g/mol. The van der Waals surface area contributed by atoms with E-state index in [-0.39, 0.29) is 59.6 Å². The molecule has 2 aliphatic carbocycles. The van der Waals surface area contributed by atoms with Crippen molar-refractivity contribution in [3.8, 4) is 5.75 Å². The second kappa shape index (κ2) is 24.8. The normalized spacial score (nSPS) is 19.8. The summed E-state index contributed by atoms with van der Waals surface area (Å²) >= 11 is 0. The van der Waals surface area contributed by atoms with E-state index in [2.05, 4.69) is 57.5 Å². The largest absolute Gasteiger partial charge is 0.492 e. The van der Waals surface area contributed by atoms with Crippen LogP contribution in [0.4, 0.5) is 22.4 Å². The average molecular weight is 1160 g/mol. The smallest absolute Gasteiger partial charge is 0.410 e. The van der Waals surface area contributed by atoms with E-state index in [0.717, 1.165) is 55.3 Å². The van der Waals surface area contributed by atoms with Gasteiger partial charge in [0.1, 0.15) is 46.5 Å². The predicted octanol–water partition coefficient (Wildman–Crippen LogP) is 7.58. The lowest BCUT2D eigenvalue weighted by Gasteiger charge is -2.36. The number of rotatable bonds is 16. The zero-order valence-corrected chi connectivity index (χ0v) is 50.3. The first-order chi connectivity index (χ1) is 39.4. The molecule has 1 unspecified atom stereocenters. The first kappa shape index (κ1) is 60.2. The lowest BCUT2D eigenvalue weighted by atomic mass is 9.83. The number of aromatic amines is 1. The molecule has 3 aromatic heterocycles. The van der Waals surface area contributed by atoms with Crippen LogP contribution in [-0.4, -0.2) is 146 Å². The van der Waals surface area contributed by atoms with E-state index in [1.165, 1.54) is 41.1 Å². The van der Waals surface area contributed by atoms with Crippen molar-refractivity contribution in [2.45, 2.75) is 178 Å². The van der Waals surface area contributed by atoms with E-state index < -0.39 is 68.2 Å². The summed E-state index contributed by atoms with van der Waals surface area (Å²) in [5.41, 5.74) is 3.94. The summed E-state index contributed by atoms with van der Waals surface area (Å²) in [4.78, 5) is 93.9. The predicted molar refractivity (Wildman–Crippen MR) is 314 cm³/mol. The van der Waals surface area contributed by atoms with Gasteiger partial charge in [-0.3, -0.25) is 29.2 Å². The number of piperidine rings is 1. The van der Waals surface area contributed by atoms with E-state index in [4.69, 9.17) is 9.47 Å². The topological polar surface area (TPSA) is 276 Å². The fourth-order valence-electron chi connectivity index (χ4n) is 11.5. The molecule has 0 spiro atoms. The Labute approximate surface area is 486 Å². The minimum atomic E-state index is -3.89. The van der Waals surface area contributed by atoms with Crippen LogP contribution in [0.2, 0.25) is 0 Å². The van der Waals surface area contributed by atoms with E-state index in [1.54, 1.807) is 60.6 Å². The van der Waals surface area contributed by atoms with E-state index in [0.29, 0.717) is 67.3 Å². The van der Waals surface area contributed by atoms with Gasteiger partial charge in [-0.05, 0) is 143 Å². The maximum absolute atomic E-state index is 15.2. The number of aryl methyl sites for hydroxylation is 2. The Morgan fingerprint density at radius 1 is 0.867 bits per heavy atom. The number of amides is 5. The molecule has 2 saturated heterocycles. The van der Waals surface area contributed by atoms with Crippen molar-refractivity contribution in [1.82, 2.24) is 55.9 Å². The third kappa shape index (κ3) is 13.7. The molecule has 0 bridgehead atoms. The highest BCUT2D eigenvalue weighted by molar-refractivity contribution is 7.92. The monoisotopic (exact) mass is 1160 g/mol. The standard InChI is InChI=1S/C60H81N13O9S/c1-35-36(2)69-70-51(35)68-52-44-28-49(83(79,80)60(7,8)9)48(29-46(44)63-34-64-52)81-33-38-23-25-72(26-24-38)57-61-30-41(31-62-57)54(75)65-42-27-47(55(76)66-45-22-16-20-39-17-14-15-21-43(39)45)73(32-42)56(77)50(40-18-12-11-13-19-40)67-53(74)37(3)71(10)58(78)82-59(4,5)6/h14-15,17,21,28-31,34,37-38,40,42,45,47,50H,11-13,16,18-20,22-27,32-33H2,1-10H3,(H,65,75)(H,66,76)(H,67,74)(H2,63,64,68,69,70)/t37-,42-,45+,47-,50?/m0/s1. The van der Waals surface area contributed by atoms with Gasteiger partial charge in [-0.25, -0.2) is 33.1 Å². The molecule has 5 heterocycles. The van der Waals surface area contributed by atoms with Gasteiger partial charge in [0.2, 0.25) is 23.7 Å². The number of H-pyrrole nitrogens is 1. The molecule has 2 aliphatic heterocycles. The molecular formula is C60H81N13O9S. The molecule has 23 heteroatoms. The third-order valence-corrected chi connectivity index (χ3v) is 19.3. The first-order valence-corrected chi connectivity index (χ1v) is 30.6. The Morgan fingerprint density at radius 2 is 1.58 bits per heavy atom. The zero-order valence-electron chi connectivity index (χ0n) is 49.5. The number of benzene rings is 2. The molecule has 5 atom stereocenters. The number of carbonyl (C=O) groups excluding carboxylic acids is 5. The van der Waals surface area contributed by atoms with Crippen LogP contribution < -0.4 is 30.9 Å². The van der Waals surface area contributed by atoms with Crippen LogP contribution in [0.3, 0.4) is 0 Å². The summed E-state index contributed by atoms with van der Waals surface area (Å²) in [6, 6.07) is 7.48. The molecule has 83 heavy (non-hydrogen) atoms. The molecule has 0 radical (unpaired) electrons. The molecule has 446 valence electrons. The summed E-state index contributed by atoms with van der Waals surface area (Å²) in [7, 11) is -2.41. The van der Waals surface area contributed by atoms with Crippen LogP contribution in [0.15, 0.2) is 60.0 Å². The first-order valence-electron chi connectivity index (χ1n) is 29.1. The SMILES string of the molecule is Cc1[nH]nc(Nc2ncnc3cc(OCC4CCN(c5ncc(C(=O)N[C@H]6C[C@@H](C(=O)N[C@@H]7CCCc8ccccc87)N(C(=O)C(NC(=O)[C@H](C)N(C)C(=O)OC(C)(C)C)C7CCCCC7)C6)cn5)CC4)c(S(=O)(=O)C(C)(C)C)cc23)c1C. The summed E-state index contributed by atoms with van der Waals surface area (Å²) in [6.07, 6.45) is 11.9. The summed E-state index contributed by atoms with van der Waals surface area (Å²) < 4.78 is 39.1. The van der Waals surface area contributed by atoms with Gasteiger partial charge in [-0.1, -0.05) is 43.5 Å². The molecule has 1 saturated carbocycles. The van der Waals surface area contributed by atoms with Crippen LogP contribution in [0.5, 0.6) is 5.75 Å². The quantitative estimate of drug-likeness (QED) is 0.0637. The number of nitrogens with one attached hydrogen (secondary N) is 5. The number of sulfone groups is 1. The lowest BCUT2D eigenvalue weighted by Crippen LogP contribution is -2.59. The van der Waals surface area contributed by atoms with Crippen molar-refractivity contribution >= 4 is 68.0 Å². The van der Waals surface area contributed by atoms with Crippen molar-refractivity contribution < 1.29 is 41.9 Å². The van der Waals surface area contributed by atoms with Crippen LogP contribution in [-0.2, 0) is 35.4 Å².